The Labute approximate surface area is 142 Å². The monoisotopic (exact) mass is 357 g/mol. The highest BCUT2D eigenvalue weighted by atomic mass is 19.4. The van der Waals surface area contributed by atoms with Gasteiger partial charge >= 0.3 is 18.2 Å². The molecule has 136 valence electrons. The minimum absolute atomic E-state index is 0.0139. The average Bonchev–Trinajstić information content (AvgIpc) is 2.90. The summed E-state index contributed by atoms with van der Waals surface area (Å²) in [4.78, 5) is 24.6. The van der Waals surface area contributed by atoms with Crippen molar-refractivity contribution < 1.29 is 32.6 Å². The SMILES string of the molecule is CC(C)(C)OC(=O)N1C=C(c2ccc(C(F)(F)F)cc2)CC1C(=O)O. The van der Waals surface area contributed by atoms with Crippen LogP contribution in [0.1, 0.15) is 38.3 Å². The minimum atomic E-state index is -4.45. The molecule has 0 aromatic heterocycles. The van der Waals surface area contributed by atoms with Gasteiger partial charge in [-0.2, -0.15) is 13.2 Å². The van der Waals surface area contributed by atoms with Crippen molar-refractivity contribution in [1.82, 2.24) is 4.90 Å². The second kappa shape index (κ2) is 6.42. The Hall–Kier alpha value is -2.51. The molecule has 1 aliphatic heterocycles. The van der Waals surface area contributed by atoms with Crippen LogP contribution in [-0.2, 0) is 15.7 Å². The highest BCUT2D eigenvalue weighted by Crippen LogP contribution is 2.34. The van der Waals surface area contributed by atoms with Crippen molar-refractivity contribution in [3.8, 4) is 0 Å². The second-order valence-corrected chi connectivity index (χ2v) is 6.68. The lowest BCUT2D eigenvalue weighted by molar-refractivity contribution is -0.141. The van der Waals surface area contributed by atoms with E-state index in [2.05, 4.69) is 0 Å². The van der Waals surface area contributed by atoms with E-state index >= 15 is 0 Å². The van der Waals surface area contributed by atoms with Gasteiger partial charge in [-0.25, -0.2) is 9.59 Å². The molecule has 0 radical (unpaired) electrons. The van der Waals surface area contributed by atoms with Crippen molar-refractivity contribution in [3.05, 3.63) is 41.6 Å². The van der Waals surface area contributed by atoms with Gasteiger partial charge in [0.25, 0.3) is 0 Å². The number of ether oxygens (including phenoxy) is 1. The van der Waals surface area contributed by atoms with Crippen molar-refractivity contribution in [2.45, 2.75) is 45.0 Å². The third-order valence-electron chi connectivity index (χ3n) is 3.52. The summed E-state index contributed by atoms with van der Waals surface area (Å²) in [5, 5.41) is 9.31. The Balaban J connectivity index is 2.28. The third kappa shape index (κ3) is 4.52. The zero-order valence-electron chi connectivity index (χ0n) is 13.9. The molecule has 1 atom stereocenters. The highest BCUT2D eigenvalue weighted by Gasteiger charge is 2.37. The van der Waals surface area contributed by atoms with Gasteiger partial charge in [0, 0.05) is 12.6 Å². The van der Waals surface area contributed by atoms with Crippen LogP contribution in [0.15, 0.2) is 30.5 Å². The van der Waals surface area contributed by atoms with Crippen LogP contribution in [0.4, 0.5) is 18.0 Å². The number of benzene rings is 1. The van der Waals surface area contributed by atoms with E-state index in [1.54, 1.807) is 20.8 Å². The van der Waals surface area contributed by atoms with Crippen LogP contribution in [-0.4, -0.2) is 33.7 Å². The number of amides is 1. The van der Waals surface area contributed by atoms with Gasteiger partial charge in [0.05, 0.1) is 5.56 Å². The Morgan fingerprint density at radius 1 is 1.16 bits per heavy atom. The van der Waals surface area contributed by atoms with E-state index in [0.717, 1.165) is 17.0 Å². The molecular formula is C17H18F3NO4. The Kier molecular flexibility index (Phi) is 4.83. The van der Waals surface area contributed by atoms with Crippen molar-refractivity contribution in [2.24, 2.45) is 0 Å². The first-order chi connectivity index (χ1) is 11.4. The average molecular weight is 357 g/mol. The lowest BCUT2D eigenvalue weighted by Gasteiger charge is -2.25. The molecule has 2 rings (SSSR count). The van der Waals surface area contributed by atoms with Crippen LogP contribution >= 0.6 is 0 Å². The molecule has 8 heteroatoms. The maximum absolute atomic E-state index is 12.6. The fourth-order valence-corrected chi connectivity index (χ4v) is 2.38. The van der Waals surface area contributed by atoms with Crippen molar-refractivity contribution in [2.75, 3.05) is 0 Å². The molecule has 0 saturated carbocycles. The van der Waals surface area contributed by atoms with E-state index in [-0.39, 0.29) is 6.42 Å². The molecule has 1 heterocycles. The van der Waals surface area contributed by atoms with Gasteiger partial charge in [0.15, 0.2) is 0 Å². The number of nitrogens with zero attached hydrogens (tertiary/aromatic N) is 1. The zero-order valence-corrected chi connectivity index (χ0v) is 13.9. The molecular weight excluding hydrogens is 339 g/mol. The van der Waals surface area contributed by atoms with Crippen LogP contribution in [0.25, 0.3) is 5.57 Å². The number of aliphatic carboxylic acids is 1. The number of halogens is 3. The van der Waals surface area contributed by atoms with Gasteiger partial charge in [0.1, 0.15) is 11.6 Å². The van der Waals surface area contributed by atoms with Gasteiger partial charge in [-0.15, -0.1) is 0 Å². The molecule has 1 amide bonds. The molecule has 0 bridgehead atoms. The van der Waals surface area contributed by atoms with Gasteiger partial charge in [0.2, 0.25) is 0 Å². The van der Waals surface area contributed by atoms with Crippen molar-refractivity contribution in [3.63, 3.8) is 0 Å². The fraction of sp³-hybridized carbons (Fsp3) is 0.412. The number of alkyl halides is 3. The predicted molar refractivity (Wildman–Crippen MR) is 83.5 cm³/mol. The summed E-state index contributed by atoms with van der Waals surface area (Å²) in [6.45, 7) is 4.95. The largest absolute Gasteiger partial charge is 0.480 e. The van der Waals surface area contributed by atoms with Gasteiger partial charge in [-0.3, -0.25) is 4.90 Å². The van der Waals surface area contributed by atoms with Gasteiger partial charge in [-0.05, 0) is 44.0 Å². The Bertz CT molecular complexity index is 702. The summed E-state index contributed by atoms with van der Waals surface area (Å²) < 4.78 is 43.1. The van der Waals surface area contributed by atoms with Gasteiger partial charge in [-0.1, -0.05) is 12.1 Å². The van der Waals surface area contributed by atoms with Crippen LogP contribution in [0.3, 0.4) is 0 Å². The number of carbonyl (C=O) groups is 2. The molecule has 1 unspecified atom stereocenters. The number of carbonyl (C=O) groups excluding carboxylic acids is 1. The molecule has 0 aliphatic carbocycles. The highest BCUT2D eigenvalue weighted by molar-refractivity contribution is 5.87. The summed E-state index contributed by atoms with van der Waals surface area (Å²) in [7, 11) is 0. The first-order valence-electron chi connectivity index (χ1n) is 7.51. The smallest absolute Gasteiger partial charge is 0.416 e. The van der Waals surface area contributed by atoms with Crippen molar-refractivity contribution >= 4 is 17.6 Å². The summed E-state index contributed by atoms with van der Waals surface area (Å²) >= 11 is 0. The summed E-state index contributed by atoms with van der Waals surface area (Å²) in [5.41, 5.74) is -0.726. The minimum Gasteiger partial charge on any atom is -0.480 e. The molecule has 1 N–H and O–H groups in total. The first kappa shape index (κ1) is 18.8. The molecule has 0 fully saturated rings. The zero-order chi connectivity index (χ0) is 19.0. The van der Waals surface area contributed by atoms with Crippen molar-refractivity contribution in [1.29, 1.82) is 0 Å². The lowest BCUT2D eigenvalue weighted by atomic mass is 10.0. The second-order valence-electron chi connectivity index (χ2n) is 6.68. The summed E-state index contributed by atoms with van der Waals surface area (Å²) in [6.07, 6.45) is -3.97. The molecule has 0 spiro atoms. The number of hydrogen-bond donors (Lipinski definition) is 1. The molecule has 1 aromatic carbocycles. The number of hydrogen-bond acceptors (Lipinski definition) is 3. The van der Waals surface area contributed by atoms with Crippen LogP contribution in [0.2, 0.25) is 0 Å². The van der Waals surface area contributed by atoms with E-state index < -0.39 is 35.4 Å². The lowest BCUT2D eigenvalue weighted by Crippen LogP contribution is -2.41. The number of carboxylic acid groups (broad SMARTS) is 1. The predicted octanol–water partition coefficient (Wildman–Crippen LogP) is 4.14. The third-order valence-corrected chi connectivity index (χ3v) is 3.52. The molecule has 1 aliphatic rings. The molecule has 5 nitrogen and oxygen atoms in total. The maximum Gasteiger partial charge on any atom is 0.416 e. The normalized spacial score (nSPS) is 18.1. The molecule has 0 saturated heterocycles. The topological polar surface area (TPSA) is 66.8 Å². The number of carboxylic acids is 1. The van der Waals surface area contributed by atoms with Crippen LogP contribution in [0.5, 0.6) is 0 Å². The van der Waals surface area contributed by atoms with Crippen LogP contribution in [0, 0.1) is 0 Å². The van der Waals surface area contributed by atoms with Crippen LogP contribution < -0.4 is 0 Å². The molecule has 25 heavy (non-hydrogen) atoms. The van der Waals surface area contributed by atoms with E-state index in [0.29, 0.717) is 11.1 Å². The quantitative estimate of drug-likeness (QED) is 0.864. The summed E-state index contributed by atoms with van der Waals surface area (Å²) in [6, 6.07) is 3.19. The Morgan fingerprint density at radius 3 is 2.16 bits per heavy atom. The Morgan fingerprint density at radius 2 is 1.72 bits per heavy atom. The number of rotatable bonds is 2. The van der Waals surface area contributed by atoms with E-state index in [9.17, 15) is 27.9 Å². The fourth-order valence-electron chi connectivity index (χ4n) is 2.38. The van der Waals surface area contributed by atoms with E-state index in [1.807, 2.05) is 0 Å². The maximum atomic E-state index is 12.6. The van der Waals surface area contributed by atoms with Gasteiger partial charge < -0.3 is 9.84 Å². The standard InChI is InChI=1S/C17H18F3NO4/c1-16(2,3)25-15(24)21-9-11(8-13(21)14(22)23)10-4-6-12(7-5-10)17(18,19)20/h4-7,9,13H,8H2,1-3H3,(H,22,23). The van der Waals surface area contributed by atoms with E-state index in [1.165, 1.54) is 18.3 Å². The molecule has 1 aromatic rings. The summed E-state index contributed by atoms with van der Waals surface area (Å²) in [5.74, 6) is -1.22. The van der Waals surface area contributed by atoms with E-state index in [4.69, 9.17) is 4.74 Å². The first-order valence-corrected chi connectivity index (χ1v) is 7.51.